The molecule has 3 N–H and O–H groups in total. The van der Waals surface area contributed by atoms with Gasteiger partial charge in [-0.05, 0) is 32.0 Å². The van der Waals surface area contributed by atoms with E-state index < -0.39 is 0 Å². The predicted octanol–water partition coefficient (Wildman–Crippen LogP) is 2.76. The van der Waals surface area contributed by atoms with Crippen LogP contribution in [-0.4, -0.2) is 19.3 Å². The van der Waals surface area contributed by atoms with Gasteiger partial charge >= 0.3 is 0 Å². The van der Waals surface area contributed by atoms with Gasteiger partial charge in [0, 0.05) is 12.2 Å². The number of halogens is 1. The molecule has 1 rings (SSSR count). The topological polar surface area (TPSA) is 47.3 Å². The molecular formula is C11H17ClN2O. The smallest absolute Gasteiger partial charge is 0.0657 e. The minimum atomic E-state index is 0.258. The van der Waals surface area contributed by atoms with E-state index in [0.29, 0.717) is 17.3 Å². The van der Waals surface area contributed by atoms with Crippen LogP contribution in [0.2, 0.25) is 5.02 Å². The molecule has 1 aromatic carbocycles. The van der Waals surface area contributed by atoms with Crippen molar-refractivity contribution in [1.82, 2.24) is 0 Å². The van der Waals surface area contributed by atoms with Crippen LogP contribution in [-0.2, 0) is 4.74 Å². The van der Waals surface area contributed by atoms with Crippen molar-refractivity contribution < 1.29 is 4.74 Å². The first-order valence-corrected chi connectivity index (χ1v) is 5.38. The molecule has 0 radical (unpaired) electrons. The first-order valence-electron chi connectivity index (χ1n) is 5.00. The lowest BCUT2D eigenvalue weighted by Crippen LogP contribution is -2.13. The molecule has 0 amide bonds. The molecule has 0 aliphatic heterocycles. The SMILES string of the molecule is CC(C)OCCNc1ccc(N)cc1Cl. The number of anilines is 2. The summed E-state index contributed by atoms with van der Waals surface area (Å²) < 4.78 is 5.40. The summed E-state index contributed by atoms with van der Waals surface area (Å²) in [6, 6.07) is 5.41. The van der Waals surface area contributed by atoms with Crippen LogP contribution in [0.1, 0.15) is 13.8 Å². The van der Waals surface area contributed by atoms with Crippen molar-refractivity contribution in [1.29, 1.82) is 0 Å². The Balaban J connectivity index is 2.37. The van der Waals surface area contributed by atoms with Gasteiger partial charge in [-0.1, -0.05) is 11.6 Å². The summed E-state index contributed by atoms with van der Waals surface area (Å²) in [4.78, 5) is 0. The van der Waals surface area contributed by atoms with E-state index in [0.717, 1.165) is 12.2 Å². The molecule has 0 bridgehead atoms. The molecule has 3 nitrogen and oxygen atoms in total. The predicted molar refractivity (Wildman–Crippen MR) is 65.4 cm³/mol. The van der Waals surface area contributed by atoms with Crippen LogP contribution in [0, 0.1) is 0 Å². The largest absolute Gasteiger partial charge is 0.399 e. The van der Waals surface area contributed by atoms with Gasteiger partial charge in [-0.25, -0.2) is 0 Å². The third-order valence-corrected chi connectivity index (χ3v) is 2.17. The fourth-order valence-corrected chi connectivity index (χ4v) is 1.41. The van der Waals surface area contributed by atoms with Crippen LogP contribution < -0.4 is 11.1 Å². The fourth-order valence-electron chi connectivity index (χ4n) is 1.16. The number of hydrogen-bond donors (Lipinski definition) is 2. The van der Waals surface area contributed by atoms with E-state index in [1.54, 1.807) is 6.07 Å². The van der Waals surface area contributed by atoms with Crippen LogP contribution in [0.5, 0.6) is 0 Å². The van der Waals surface area contributed by atoms with Crippen molar-refractivity contribution in [3.8, 4) is 0 Å². The van der Waals surface area contributed by atoms with E-state index in [4.69, 9.17) is 22.1 Å². The van der Waals surface area contributed by atoms with Gasteiger partial charge in [-0.3, -0.25) is 0 Å². The second-order valence-electron chi connectivity index (χ2n) is 3.59. The Bertz CT molecular complexity index is 315. The van der Waals surface area contributed by atoms with Gasteiger partial charge in [-0.2, -0.15) is 0 Å². The van der Waals surface area contributed by atoms with Crippen LogP contribution in [0.15, 0.2) is 18.2 Å². The molecule has 0 saturated carbocycles. The summed E-state index contributed by atoms with van der Waals surface area (Å²) in [5.41, 5.74) is 7.14. The van der Waals surface area contributed by atoms with Crippen molar-refractivity contribution >= 4 is 23.0 Å². The molecule has 15 heavy (non-hydrogen) atoms. The van der Waals surface area contributed by atoms with Gasteiger partial charge in [0.05, 0.1) is 23.4 Å². The Morgan fingerprint density at radius 2 is 2.20 bits per heavy atom. The number of hydrogen-bond acceptors (Lipinski definition) is 3. The van der Waals surface area contributed by atoms with Crippen LogP contribution in [0.3, 0.4) is 0 Å². The van der Waals surface area contributed by atoms with Gasteiger partial charge in [0.25, 0.3) is 0 Å². The summed E-state index contributed by atoms with van der Waals surface area (Å²) in [6.07, 6.45) is 0.258. The van der Waals surface area contributed by atoms with Gasteiger partial charge in [-0.15, -0.1) is 0 Å². The molecular weight excluding hydrogens is 212 g/mol. The average molecular weight is 229 g/mol. The number of nitrogens with one attached hydrogen (secondary N) is 1. The molecule has 84 valence electrons. The Morgan fingerprint density at radius 1 is 1.47 bits per heavy atom. The maximum absolute atomic E-state index is 5.99. The Hall–Kier alpha value is -0.930. The van der Waals surface area contributed by atoms with E-state index in [-0.39, 0.29) is 6.10 Å². The van der Waals surface area contributed by atoms with Crippen molar-refractivity contribution in [3.63, 3.8) is 0 Å². The molecule has 0 aromatic heterocycles. The third-order valence-electron chi connectivity index (χ3n) is 1.86. The summed E-state index contributed by atoms with van der Waals surface area (Å²) in [5, 5.41) is 3.82. The number of nitrogens with two attached hydrogens (primary N) is 1. The van der Waals surface area contributed by atoms with E-state index in [1.807, 2.05) is 26.0 Å². The molecule has 4 heteroatoms. The molecule has 0 fully saturated rings. The normalized spacial score (nSPS) is 10.7. The summed E-state index contributed by atoms with van der Waals surface area (Å²) in [5.74, 6) is 0. The fraction of sp³-hybridized carbons (Fsp3) is 0.455. The Labute approximate surface area is 95.6 Å². The van der Waals surface area contributed by atoms with E-state index in [1.165, 1.54) is 0 Å². The van der Waals surface area contributed by atoms with Crippen LogP contribution in [0.25, 0.3) is 0 Å². The quantitative estimate of drug-likeness (QED) is 0.602. The molecule has 1 aromatic rings. The highest BCUT2D eigenvalue weighted by molar-refractivity contribution is 6.33. The van der Waals surface area contributed by atoms with Crippen molar-refractivity contribution in [2.75, 3.05) is 24.2 Å². The molecule has 0 saturated heterocycles. The summed E-state index contributed by atoms with van der Waals surface area (Å²) in [6.45, 7) is 5.42. The molecule has 0 heterocycles. The number of nitrogen functional groups attached to an aromatic ring is 1. The Kier molecular flexibility index (Phi) is 4.72. The lowest BCUT2D eigenvalue weighted by molar-refractivity contribution is 0.0870. The maximum Gasteiger partial charge on any atom is 0.0657 e. The number of ether oxygens (including phenoxy) is 1. The monoisotopic (exact) mass is 228 g/mol. The molecule has 0 aliphatic rings. The van der Waals surface area contributed by atoms with Crippen LogP contribution in [0.4, 0.5) is 11.4 Å². The second kappa shape index (κ2) is 5.83. The zero-order chi connectivity index (χ0) is 11.3. The minimum Gasteiger partial charge on any atom is -0.399 e. The Morgan fingerprint density at radius 3 is 2.80 bits per heavy atom. The number of rotatable bonds is 5. The van der Waals surface area contributed by atoms with Gasteiger partial charge < -0.3 is 15.8 Å². The highest BCUT2D eigenvalue weighted by atomic mass is 35.5. The number of benzene rings is 1. The summed E-state index contributed by atoms with van der Waals surface area (Å²) >= 11 is 5.99. The first-order chi connectivity index (χ1) is 7.09. The van der Waals surface area contributed by atoms with E-state index in [9.17, 15) is 0 Å². The standard InChI is InChI=1S/C11H17ClN2O/c1-8(2)15-6-5-14-11-4-3-9(13)7-10(11)12/h3-4,7-8,14H,5-6,13H2,1-2H3. The zero-order valence-corrected chi connectivity index (χ0v) is 9.84. The zero-order valence-electron chi connectivity index (χ0n) is 9.09. The lowest BCUT2D eigenvalue weighted by Gasteiger charge is -2.10. The second-order valence-corrected chi connectivity index (χ2v) is 3.99. The van der Waals surface area contributed by atoms with E-state index in [2.05, 4.69) is 5.32 Å². The highest BCUT2D eigenvalue weighted by Gasteiger charge is 1.99. The third kappa shape index (κ3) is 4.40. The van der Waals surface area contributed by atoms with Gasteiger partial charge in [0.1, 0.15) is 0 Å². The van der Waals surface area contributed by atoms with Gasteiger partial charge in [0.15, 0.2) is 0 Å². The van der Waals surface area contributed by atoms with E-state index >= 15 is 0 Å². The molecule has 0 aliphatic carbocycles. The minimum absolute atomic E-state index is 0.258. The van der Waals surface area contributed by atoms with Crippen LogP contribution >= 0.6 is 11.6 Å². The lowest BCUT2D eigenvalue weighted by atomic mass is 10.3. The van der Waals surface area contributed by atoms with Crippen molar-refractivity contribution in [3.05, 3.63) is 23.2 Å². The first kappa shape index (κ1) is 12.1. The summed E-state index contributed by atoms with van der Waals surface area (Å²) in [7, 11) is 0. The van der Waals surface area contributed by atoms with Gasteiger partial charge in [0.2, 0.25) is 0 Å². The molecule has 0 spiro atoms. The van der Waals surface area contributed by atoms with Crippen molar-refractivity contribution in [2.24, 2.45) is 0 Å². The maximum atomic E-state index is 5.99. The van der Waals surface area contributed by atoms with Crippen molar-refractivity contribution in [2.45, 2.75) is 20.0 Å². The molecule has 0 unspecified atom stereocenters. The highest BCUT2D eigenvalue weighted by Crippen LogP contribution is 2.23. The average Bonchev–Trinajstić information content (AvgIpc) is 2.14. The molecule has 0 atom stereocenters.